The highest BCUT2D eigenvalue weighted by Gasteiger charge is 2.36. The SMILES string of the molecule is N#CC1(c2ccncc2F)CCNCC1. The molecule has 1 aromatic heterocycles. The van der Waals surface area contributed by atoms with Crippen molar-refractivity contribution in [1.29, 1.82) is 5.26 Å². The van der Waals surface area contributed by atoms with Gasteiger partial charge in [-0.3, -0.25) is 4.98 Å². The molecule has 0 amide bonds. The van der Waals surface area contributed by atoms with Crippen molar-refractivity contribution >= 4 is 0 Å². The van der Waals surface area contributed by atoms with E-state index in [1.165, 1.54) is 6.20 Å². The van der Waals surface area contributed by atoms with Crippen molar-refractivity contribution < 1.29 is 4.39 Å². The molecule has 1 N–H and O–H groups in total. The molecule has 4 heteroatoms. The van der Waals surface area contributed by atoms with Crippen LogP contribution in [0.25, 0.3) is 0 Å². The zero-order valence-electron chi connectivity index (χ0n) is 8.33. The van der Waals surface area contributed by atoms with Crippen molar-refractivity contribution in [2.75, 3.05) is 13.1 Å². The third-order valence-electron chi connectivity index (χ3n) is 2.96. The molecule has 2 rings (SSSR count). The highest BCUT2D eigenvalue weighted by Crippen LogP contribution is 2.33. The van der Waals surface area contributed by atoms with Gasteiger partial charge in [-0.1, -0.05) is 0 Å². The fourth-order valence-electron chi connectivity index (χ4n) is 2.06. The normalized spacial score (nSPS) is 19.5. The van der Waals surface area contributed by atoms with Crippen LogP contribution in [0.1, 0.15) is 18.4 Å². The van der Waals surface area contributed by atoms with Crippen molar-refractivity contribution in [3.05, 3.63) is 29.8 Å². The molecule has 0 aromatic carbocycles. The van der Waals surface area contributed by atoms with E-state index in [9.17, 15) is 9.65 Å². The van der Waals surface area contributed by atoms with Gasteiger partial charge in [0, 0.05) is 11.8 Å². The van der Waals surface area contributed by atoms with Gasteiger partial charge in [-0.25, -0.2) is 4.39 Å². The number of halogens is 1. The summed E-state index contributed by atoms with van der Waals surface area (Å²) in [6.45, 7) is 1.52. The molecule has 15 heavy (non-hydrogen) atoms. The average Bonchev–Trinajstić information content (AvgIpc) is 2.30. The molecule has 0 atom stereocenters. The highest BCUT2D eigenvalue weighted by atomic mass is 19.1. The molecule has 0 spiro atoms. The largest absolute Gasteiger partial charge is 0.317 e. The maximum absolute atomic E-state index is 13.6. The van der Waals surface area contributed by atoms with Crippen LogP contribution >= 0.6 is 0 Å². The fraction of sp³-hybridized carbons (Fsp3) is 0.455. The molecule has 2 heterocycles. The molecule has 1 aliphatic rings. The van der Waals surface area contributed by atoms with E-state index in [1.807, 2.05) is 0 Å². The first kappa shape index (κ1) is 10.1. The Bertz CT molecular complexity index is 391. The lowest BCUT2D eigenvalue weighted by molar-refractivity contribution is 0.369. The Hall–Kier alpha value is -1.47. The molecule has 1 saturated heterocycles. The monoisotopic (exact) mass is 205 g/mol. The molecule has 3 nitrogen and oxygen atoms in total. The fourth-order valence-corrected chi connectivity index (χ4v) is 2.06. The van der Waals surface area contributed by atoms with Gasteiger partial charge in [0.25, 0.3) is 0 Å². The van der Waals surface area contributed by atoms with Crippen LogP contribution in [0.3, 0.4) is 0 Å². The summed E-state index contributed by atoms with van der Waals surface area (Å²) in [4.78, 5) is 3.71. The number of pyridine rings is 1. The standard InChI is InChI=1S/C11H12FN3/c12-10-7-15-4-1-9(10)11(8-13)2-5-14-6-3-11/h1,4,7,14H,2-3,5-6H2. The Morgan fingerprint density at radius 3 is 2.80 bits per heavy atom. The molecule has 1 aromatic rings. The van der Waals surface area contributed by atoms with Crippen LogP contribution in [-0.4, -0.2) is 18.1 Å². The minimum atomic E-state index is -0.668. The van der Waals surface area contributed by atoms with Crippen LogP contribution in [0.15, 0.2) is 18.5 Å². The summed E-state index contributed by atoms with van der Waals surface area (Å²) in [7, 11) is 0. The van der Waals surface area contributed by atoms with Crippen molar-refractivity contribution in [1.82, 2.24) is 10.3 Å². The van der Waals surface area contributed by atoms with Crippen LogP contribution < -0.4 is 5.32 Å². The molecule has 0 bridgehead atoms. The van der Waals surface area contributed by atoms with Gasteiger partial charge in [0.05, 0.1) is 17.7 Å². The van der Waals surface area contributed by atoms with Crippen molar-refractivity contribution in [3.63, 3.8) is 0 Å². The number of rotatable bonds is 1. The number of aromatic nitrogens is 1. The molecule has 0 radical (unpaired) electrons. The van der Waals surface area contributed by atoms with E-state index >= 15 is 0 Å². The van der Waals surface area contributed by atoms with Crippen molar-refractivity contribution in [3.8, 4) is 6.07 Å². The first-order valence-corrected chi connectivity index (χ1v) is 5.00. The third-order valence-corrected chi connectivity index (χ3v) is 2.96. The predicted octanol–water partition coefficient (Wildman–Crippen LogP) is 1.37. The van der Waals surface area contributed by atoms with E-state index in [2.05, 4.69) is 16.4 Å². The number of piperidine rings is 1. The van der Waals surface area contributed by atoms with Crippen molar-refractivity contribution in [2.45, 2.75) is 18.3 Å². The van der Waals surface area contributed by atoms with Gasteiger partial charge < -0.3 is 5.32 Å². The molecule has 0 unspecified atom stereocenters. The Morgan fingerprint density at radius 1 is 1.47 bits per heavy atom. The maximum Gasteiger partial charge on any atom is 0.146 e. The minimum Gasteiger partial charge on any atom is -0.317 e. The van der Waals surface area contributed by atoms with Crippen LogP contribution in [0, 0.1) is 17.1 Å². The lowest BCUT2D eigenvalue weighted by Gasteiger charge is -2.31. The lowest BCUT2D eigenvalue weighted by atomic mass is 9.74. The van der Waals surface area contributed by atoms with Gasteiger partial charge in [0.2, 0.25) is 0 Å². The molecular weight excluding hydrogens is 193 g/mol. The maximum atomic E-state index is 13.6. The molecule has 78 valence electrons. The van der Waals surface area contributed by atoms with Gasteiger partial charge >= 0.3 is 0 Å². The van der Waals surface area contributed by atoms with Gasteiger partial charge in [-0.2, -0.15) is 5.26 Å². The zero-order valence-corrected chi connectivity index (χ0v) is 8.33. The Balaban J connectivity index is 2.42. The number of nitriles is 1. The van der Waals surface area contributed by atoms with Gasteiger partial charge in [0.1, 0.15) is 5.82 Å². The van der Waals surface area contributed by atoms with Gasteiger partial charge in [0.15, 0.2) is 0 Å². The first-order valence-electron chi connectivity index (χ1n) is 5.00. The van der Waals surface area contributed by atoms with Crippen molar-refractivity contribution in [2.24, 2.45) is 0 Å². The summed E-state index contributed by atoms with van der Waals surface area (Å²) in [5, 5.41) is 12.4. The summed E-state index contributed by atoms with van der Waals surface area (Å²) >= 11 is 0. The van der Waals surface area contributed by atoms with Gasteiger partial charge in [-0.05, 0) is 32.0 Å². The van der Waals surface area contributed by atoms with E-state index in [1.54, 1.807) is 12.3 Å². The summed E-state index contributed by atoms with van der Waals surface area (Å²) in [6.07, 6.45) is 4.03. The Morgan fingerprint density at radius 2 is 2.20 bits per heavy atom. The Labute approximate surface area is 87.9 Å². The Kier molecular flexibility index (Phi) is 2.65. The second-order valence-corrected chi connectivity index (χ2v) is 3.80. The highest BCUT2D eigenvalue weighted by molar-refractivity contribution is 5.32. The van der Waals surface area contributed by atoms with Crippen LogP contribution in [-0.2, 0) is 5.41 Å². The minimum absolute atomic E-state index is 0.374. The lowest BCUT2D eigenvalue weighted by Crippen LogP contribution is -2.39. The van der Waals surface area contributed by atoms with E-state index in [0.717, 1.165) is 13.1 Å². The van der Waals surface area contributed by atoms with Crippen LogP contribution in [0.2, 0.25) is 0 Å². The van der Waals surface area contributed by atoms with E-state index < -0.39 is 5.41 Å². The molecule has 1 fully saturated rings. The van der Waals surface area contributed by atoms with Crippen LogP contribution in [0.5, 0.6) is 0 Å². The topological polar surface area (TPSA) is 48.7 Å². The summed E-state index contributed by atoms with van der Waals surface area (Å²) in [6, 6.07) is 3.88. The first-order chi connectivity index (χ1) is 7.28. The molecule has 0 saturated carbocycles. The summed E-state index contributed by atoms with van der Waals surface area (Å²) in [5.41, 5.74) is -0.181. The number of hydrogen-bond acceptors (Lipinski definition) is 3. The third kappa shape index (κ3) is 1.71. The molecule has 1 aliphatic heterocycles. The van der Waals surface area contributed by atoms with E-state index in [0.29, 0.717) is 18.4 Å². The van der Waals surface area contributed by atoms with E-state index in [-0.39, 0.29) is 5.82 Å². The average molecular weight is 205 g/mol. The summed E-state index contributed by atoms with van der Waals surface area (Å²) < 4.78 is 13.6. The second-order valence-electron chi connectivity index (χ2n) is 3.80. The number of nitrogens with zero attached hydrogens (tertiary/aromatic N) is 2. The number of nitrogens with one attached hydrogen (secondary N) is 1. The van der Waals surface area contributed by atoms with E-state index in [4.69, 9.17) is 0 Å². The predicted molar refractivity (Wildman–Crippen MR) is 53.6 cm³/mol. The quantitative estimate of drug-likeness (QED) is 0.753. The molecular formula is C11H12FN3. The summed E-state index contributed by atoms with van der Waals surface area (Å²) in [5.74, 6) is -0.374. The zero-order chi connectivity index (χ0) is 10.7. The second kappa shape index (κ2) is 3.95. The van der Waals surface area contributed by atoms with Gasteiger partial charge in [-0.15, -0.1) is 0 Å². The smallest absolute Gasteiger partial charge is 0.146 e. The number of hydrogen-bond donors (Lipinski definition) is 1. The molecule has 0 aliphatic carbocycles. The van der Waals surface area contributed by atoms with Crippen LogP contribution in [0.4, 0.5) is 4.39 Å².